The standard InChI is InChI=1S/C33H40N6O4/c1-3-42-30-23-29-25(12-21-39(29)33(41)35-2)22-31(30)43-28(10-15-34)11-16-36-32(40)24-6-8-26(9-7-24)38-19-13-27(14-20-38)37-17-4-5-18-37/h6-12,15-16,21-23,27H,3-5,13-14,17-20,34H2,1-2H3,(H,35,41)/b15-10+,28-11+,36-16-. The number of amides is 2. The highest BCUT2D eigenvalue weighted by Gasteiger charge is 2.26. The number of allylic oxidation sites excluding steroid dienone is 2. The Hall–Kier alpha value is -4.57. The smallest absolute Gasteiger partial charge is 0.325 e. The van der Waals surface area contributed by atoms with Crippen molar-refractivity contribution in [2.75, 3.05) is 44.7 Å². The van der Waals surface area contributed by atoms with Crippen LogP contribution in [-0.4, -0.2) is 73.5 Å². The van der Waals surface area contributed by atoms with Gasteiger partial charge in [-0.1, -0.05) is 0 Å². The number of piperidine rings is 1. The Kier molecular flexibility index (Phi) is 9.78. The summed E-state index contributed by atoms with van der Waals surface area (Å²) in [5.74, 6) is 0.910. The molecule has 0 spiro atoms. The van der Waals surface area contributed by atoms with Crippen LogP contribution < -0.4 is 25.4 Å². The van der Waals surface area contributed by atoms with Gasteiger partial charge in [-0.3, -0.25) is 9.36 Å². The number of hydrogen-bond donors (Lipinski definition) is 2. The molecule has 3 heterocycles. The van der Waals surface area contributed by atoms with Gasteiger partial charge in [-0.25, -0.2) is 9.79 Å². The monoisotopic (exact) mass is 584 g/mol. The Morgan fingerprint density at radius 2 is 1.79 bits per heavy atom. The van der Waals surface area contributed by atoms with Crippen LogP contribution in [0.15, 0.2) is 77.8 Å². The maximum absolute atomic E-state index is 12.8. The molecular weight excluding hydrogens is 544 g/mol. The van der Waals surface area contributed by atoms with Gasteiger partial charge in [0.25, 0.3) is 5.91 Å². The highest BCUT2D eigenvalue weighted by molar-refractivity contribution is 6.00. The molecule has 226 valence electrons. The van der Waals surface area contributed by atoms with Crippen LogP contribution in [0.3, 0.4) is 0 Å². The lowest BCUT2D eigenvalue weighted by atomic mass is 10.0. The van der Waals surface area contributed by atoms with Gasteiger partial charge in [0.15, 0.2) is 11.5 Å². The molecule has 1 aromatic heterocycles. The van der Waals surface area contributed by atoms with Gasteiger partial charge in [-0.2, -0.15) is 0 Å². The number of likely N-dealkylation sites (tertiary alicyclic amines) is 1. The summed E-state index contributed by atoms with van der Waals surface area (Å²) in [6.45, 7) is 6.82. The zero-order valence-corrected chi connectivity index (χ0v) is 24.9. The Balaban J connectivity index is 1.24. The van der Waals surface area contributed by atoms with E-state index in [1.54, 1.807) is 37.5 Å². The minimum atomic E-state index is -0.349. The molecule has 0 bridgehead atoms. The molecule has 3 aromatic rings. The van der Waals surface area contributed by atoms with Gasteiger partial charge < -0.3 is 30.3 Å². The topological polar surface area (TPSA) is 114 Å². The molecule has 0 unspecified atom stereocenters. The van der Waals surface area contributed by atoms with Gasteiger partial charge in [0, 0.05) is 61.3 Å². The maximum Gasteiger partial charge on any atom is 0.325 e. The number of hydrogen-bond acceptors (Lipinski definition) is 7. The fraction of sp³-hybridized carbons (Fsp3) is 0.364. The summed E-state index contributed by atoms with van der Waals surface area (Å²) in [7, 11) is 1.58. The van der Waals surface area contributed by atoms with Gasteiger partial charge >= 0.3 is 6.03 Å². The average molecular weight is 585 g/mol. The van der Waals surface area contributed by atoms with E-state index in [1.165, 1.54) is 55.8 Å². The summed E-state index contributed by atoms with van der Waals surface area (Å²) in [4.78, 5) is 34.2. The molecule has 0 saturated carbocycles. The zero-order valence-electron chi connectivity index (χ0n) is 24.9. The van der Waals surface area contributed by atoms with Gasteiger partial charge in [-0.05, 0) is 100 Å². The Labute approximate surface area is 252 Å². The van der Waals surface area contributed by atoms with E-state index < -0.39 is 0 Å². The van der Waals surface area contributed by atoms with Crippen molar-refractivity contribution in [1.82, 2.24) is 14.8 Å². The van der Waals surface area contributed by atoms with E-state index in [-0.39, 0.29) is 11.9 Å². The van der Waals surface area contributed by atoms with Gasteiger partial charge in [0.05, 0.1) is 12.1 Å². The summed E-state index contributed by atoms with van der Waals surface area (Å²) >= 11 is 0. The summed E-state index contributed by atoms with van der Waals surface area (Å²) in [6, 6.07) is 13.5. The number of benzene rings is 2. The number of carbonyl (C=O) groups excluding carboxylic acids is 2. The number of nitrogens with zero attached hydrogens (tertiary/aromatic N) is 4. The molecule has 5 rings (SSSR count). The van der Waals surface area contributed by atoms with E-state index >= 15 is 0 Å². The van der Waals surface area contributed by atoms with Crippen molar-refractivity contribution in [3.8, 4) is 11.5 Å². The molecule has 10 heteroatoms. The first kappa shape index (κ1) is 29.9. The number of carbonyl (C=O) groups is 2. The van der Waals surface area contributed by atoms with Crippen LogP contribution >= 0.6 is 0 Å². The van der Waals surface area contributed by atoms with Crippen LogP contribution in [0.25, 0.3) is 10.9 Å². The van der Waals surface area contributed by atoms with Gasteiger partial charge in [0.1, 0.15) is 5.76 Å². The van der Waals surface area contributed by atoms with Crippen molar-refractivity contribution in [2.24, 2.45) is 10.7 Å². The molecule has 2 fully saturated rings. The molecule has 2 saturated heterocycles. The number of aromatic nitrogens is 1. The normalized spacial score (nSPS) is 16.9. The largest absolute Gasteiger partial charge is 0.490 e. The number of ether oxygens (including phenoxy) is 2. The van der Waals surface area contributed by atoms with Gasteiger partial charge in [-0.15, -0.1) is 0 Å². The molecule has 0 radical (unpaired) electrons. The predicted molar refractivity (Wildman–Crippen MR) is 170 cm³/mol. The Morgan fingerprint density at radius 3 is 2.47 bits per heavy atom. The molecule has 2 aromatic carbocycles. The zero-order chi connectivity index (χ0) is 30.2. The summed E-state index contributed by atoms with van der Waals surface area (Å²) in [5.41, 5.74) is 7.99. The number of aliphatic imine (C=N–C) groups is 1. The molecule has 10 nitrogen and oxygen atoms in total. The lowest BCUT2D eigenvalue weighted by Crippen LogP contribution is -2.43. The van der Waals surface area contributed by atoms with Crippen LogP contribution in [0, 0.1) is 0 Å². The molecule has 43 heavy (non-hydrogen) atoms. The van der Waals surface area contributed by atoms with Crippen molar-refractivity contribution < 1.29 is 19.1 Å². The predicted octanol–water partition coefficient (Wildman–Crippen LogP) is 4.94. The summed E-state index contributed by atoms with van der Waals surface area (Å²) in [6.07, 6.45) is 12.6. The quantitative estimate of drug-likeness (QED) is 0.208. The first-order chi connectivity index (χ1) is 21.0. The molecule has 2 amide bonds. The second-order valence-electron chi connectivity index (χ2n) is 10.7. The third kappa shape index (κ3) is 7.09. The number of fused-ring (bicyclic) bond motifs is 1. The Morgan fingerprint density at radius 1 is 1.05 bits per heavy atom. The lowest BCUT2D eigenvalue weighted by Gasteiger charge is -2.37. The Bertz CT molecular complexity index is 1510. The fourth-order valence-electron chi connectivity index (χ4n) is 5.80. The second kappa shape index (κ2) is 14.1. The highest BCUT2D eigenvalue weighted by Crippen LogP contribution is 2.34. The minimum absolute atomic E-state index is 0.258. The minimum Gasteiger partial charge on any atom is -0.490 e. The van der Waals surface area contributed by atoms with E-state index in [4.69, 9.17) is 15.2 Å². The van der Waals surface area contributed by atoms with Crippen LogP contribution in [0.4, 0.5) is 10.5 Å². The summed E-state index contributed by atoms with van der Waals surface area (Å²) in [5, 5.41) is 3.41. The van der Waals surface area contributed by atoms with Crippen molar-refractivity contribution >= 4 is 34.7 Å². The third-order valence-corrected chi connectivity index (χ3v) is 8.01. The lowest BCUT2D eigenvalue weighted by molar-refractivity contribution is 0.100. The van der Waals surface area contributed by atoms with Crippen molar-refractivity contribution in [3.63, 3.8) is 0 Å². The fourth-order valence-corrected chi connectivity index (χ4v) is 5.80. The molecule has 2 aliphatic rings. The number of nitrogens with one attached hydrogen (secondary N) is 1. The van der Waals surface area contributed by atoms with Crippen molar-refractivity contribution in [2.45, 2.75) is 38.6 Å². The van der Waals surface area contributed by atoms with Crippen molar-refractivity contribution in [3.05, 3.63) is 78.3 Å². The van der Waals surface area contributed by atoms with E-state index in [0.29, 0.717) is 41.0 Å². The molecule has 0 aliphatic carbocycles. The van der Waals surface area contributed by atoms with E-state index in [2.05, 4.69) is 20.1 Å². The summed E-state index contributed by atoms with van der Waals surface area (Å²) < 4.78 is 13.4. The van der Waals surface area contributed by atoms with Crippen LogP contribution in [0.1, 0.15) is 43.0 Å². The molecule has 0 atom stereocenters. The first-order valence-electron chi connectivity index (χ1n) is 14.9. The van der Waals surface area contributed by atoms with E-state index in [9.17, 15) is 9.59 Å². The third-order valence-electron chi connectivity index (χ3n) is 8.01. The SMILES string of the molecule is CCOc1cc2c(ccn2C(=O)NC)cc1OC(/C=C/N)=C/C=N\C(=O)c1ccc(N2CCC(N3CCCC3)CC2)cc1. The van der Waals surface area contributed by atoms with E-state index in [0.717, 1.165) is 24.2 Å². The number of anilines is 1. The van der Waals surface area contributed by atoms with Gasteiger partial charge in [0.2, 0.25) is 0 Å². The number of nitrogens with two attached hydrogens (primary N) is 1. The molecule has 2 aliphatic heterocycles. The van der Waals surface area contributed by atoms with E-state index in [1.807, 2.05) is 37.3 Å². The van der Waals surface area contributed by atoms with Crippen LogP contribution in [0.5, 0.6) is 11.5 Å². The molecule has 3 N–H and O–H groups in total. The van der Waals surface area contributed by atoms with Crippen molar-refractivity contribution in [1.29, 1.82) is 0 Å². The number of rotatable bonds is 9. The first-order valence-corrected chi connectivity index (χ1v) is 14.9. The van der Waals surface area contributed by atoms with Crippen LogP contribution in [0.2, 0.25) is 0 Å². The van der Waals surface area contributed by atoms with Crippen LogP contribution in [-0.2, 0) is 0 Å². The highest BCUT2D eigenvalue weighted by atomic mass is 16.5. The second-order valence-corrected chi connectivity index (χ2v) is 10.7. The maximum atomic E-state index is 12.8. The average Bonchev–Trinajstić information content (AvgIpc) is 3.72. The molecular formula is C33H40N6O4.